The van der Waals surface area contributed by atoms with Crippen LogP contribution in [0.25, 0.3) is 0 Å². The Morgan fingerprint density at radius 3 is 3.00 bits per heavy atom. The van der Waals surface area contributed by atoms with Crippen molar-refractivity contribution in [3.8, 4) is 0 Å². The minimum absolute atomic E-state index is 0.680. The first-order valence-electron chi connectivity index (χ1n) is 6.51. The molecule has 2 aromatic rings. The predicted octanol–water partition coefficient (Wildman–Crippen LogP) is 2.17. The van der Waals surface area contributed by atoms with Crippen molar-refractivity contribution in [2.24, 2.45) is 5.73 Å². The Morgan fingerprint density at radius 2 is 2.21 bits per heavy atom. The Labute approximate surface area is 121 Å². The number of aromatic nitrogens is 2. The second-order valence-electron chi connectivity index (χ2n) is 4.77. The van der Waals surface area contributed by atoms with Gasteiger partial charge in [0.2, 0.25) is 0 Å². The zero-order chi connectivity index (χ0) is 13.2. The summed E-state index contributed by atoms with van der Waals surface area (Å²) in [5.41, 5.74) is 8.12. The molecule has 100 valence electrons. The number of benzene rings is 1. The third-order valence-electron chi connectivity index (χ3n) is 3.56. The maximum absolute atomic E-state index is 5.61. The molecule has 1 aromatic carbocycles. The van der Waals surface area contributed by atoms with Crippen molar-refractivity contribution in [2.75, 3.05) is 18.0 Å². The van der Waals surface area contributed by atoms with Crippen LogP contribution in [0.1, 0.15) is 11.4 Å². The summed E-state index contributed by atoms with van der Waals surface area (Å²) in [6, 6.07) is 6.52. The van der Waals surface area contributed by atoms with Crippen LogP contribution in [0.4, 0.5) is 5.69 Å². The highest BCUT2D eigenvalue weighted by Crippen LogP contribution is 2.26. The molecule has 3 rings (SSSR count). The molecule has 2 N–H and O–H groups in total. The van der Waals surface area contributed by atoms with E-state index in [0.717, 1.165) is 36.4 Å². The van der Waals surface area contributed by atoms with Gasteiger partial charge in [-0.05, 0) is 30.7 Å². The van der Waals surface area contributed by atoms with Crippen LogP contribution >= 0.6 is 15.9 Å². The smallest absolute Gasteiger partial charge is 0.128 e. The van der Waals surface area contributed by atoms with Gasteiger partial charge in [-0.25, -0.2) is 4.98 Å². The van der Waals surface area contributed by atoms with Crippen molar-refractivity contribution in [2.45, 2.75) is 19.5 Å². The SMILES string of the molecule is NCCc1ccc(N2CCn3ccnc3C2)cc1Br. The Balaban J connectivity index is 1.82. The van der Waals surface area contributed by atoms with Crippen molar-refractivity contribution in [1.29, 1.82) is 0 Å². The van der Waals surface area contributed by atoms with E-state index in [1.165, 1.54) is 11.3 Å². The van der Waals surface area contributed by atoms with Gasteiger partial charge in [0.15, 0.2) is 0 Å². The highest BCUT2D eigenvalue weighted by atomic mass is 79.9. The van der Waals surface area contributed by atoms with E-state index in [9.17, 15) is 0 Å². The Bertz CT molecular complexity index is 579. The fourth-order valence-electron chi connectivity index (χ4n) is 2.49. The van der Waals surface area contributed by atoms with Gasteiger partial charge >= 0.3 is 0 Å². The van der Waals surface area contributed by atoms with Crippen LogP contribution in [-0.2, 0) is 19.5 Å². The van der Waals surface area contributed by atoms with E-state index in [4.69, 9.17) is 5.73 Å². The number of halogens is 1. The third-order valence-corrected chi connectivity index (χ3v) is 4.30. The summed E-state index contributed by atoms with van der Waals surface area (Å²) in [5.74, 6) is 1.13. The summed E-state index contributed by atoms with van der Waals surface area (Å²) in [4.78, 5) is 6.76. The number of imidazole rings is 1. The molecule has 1 aliphatic heterocycles. The number of fused-ring (bicyclic) bond motifs is 1. The monoisotopic (exact) mass is 320 g/mol. The van der Waals surface area contributed by atoms with Gasteiger partial charge < -0.3 is 15.2 Å². The van der Waals surface area contributed by atoms with E-state index in [1.807, 2.05) is 12.4 Å². The van der Waals surface area contributed by atoms with E-state index in [2.05, 4.69) is 48.6 Å². The lowest BCUT2D eigenvalue weighted by Gasteiger charge is -2.30. The summed E-state index contributed by atoms with van der Waals surface area (Å²) < 4.78 is 3.36. The van der Waals surface area contributed by atoms with Crippen molar-refractivity contribution in [3.63, 3.8) is 0 Å². The molecule has 2 heterocycles. The molecule has 0 aliphatic carbocycles. The molecule has 0 atom stereocenters. The number of nitrogens with two attached hydrogens (primary N) is 1. The Kier molecular flexibility index (Phi) is 3.57. The lowest BCUT2D eigenvalue weighted by atomic mass is 10.1. The van der Waals surface area contributed by atoms with Crippen molar-refractivity contribution >= 4 is 21.6 Å². The lowest BCUT2D eigenvalue weighted by Crippen LogP contribution is -2.33. The van der Waals surface area contributed by atoms with Crippen LogP contribution in [0.3, 0.4) is 0 Å². The normalized spacial score (nSPS) is 14.5. The molecule has 0 saturated carbocycles. The van der Waals surface area contributed by atoms with Crippen LogP contribution in [0.5, 0.6) is 0 Å². The summed E-state index contributed by atoms with van der Waals surface area (Å²) >= 11 is 3.64. The van der Waals surface area contributed by atoms with Crippen LogP contribution in [0, 0.1) is 0 Å². The maximum atomic E-state index is 5.61. The number of nitrogens with zero attached hydrogens (tertiary/aromatic N) is 3. The zero-order valence-corrected chi connectivity index (χ0v) is 12.3. The molecule has 0 unspecified atom stereocenters. The molecule has 0 fully saturated rings. The largest absolute Gasteiger partial charge is 0.362 e. The second kappa shape index (κ2) is 5.35. The molecule has 4 nitrogen and oxygen atoms in total. The van der Waals surface area contributed by atoms with E-state index in [0.29, 0.717) is 6.54 Å². The van der Waals surface area contributed by atoms with Gasteiger partial charge in [0.25, 0.3) is 0 Å². The van der Waals surface area contributed by atoms with Crippen molar-refractivity contribution in [3.05, 3.63) is 46.5 Å². The summed E-state index contributed by atoms with van der Waals surface area (Å²) in [6.45, 7) is 3.57. The van der Waals surface area contributed by atoms with Gasteiger partial charge in [-0.15, -0.1) is 0 Å². The first kappa shape index (κ1) is 12.7. The van der Waals surface area contributed by atoms with Crippen LogP contribution < -0.4 is 10.6 Å². The predicted molar refractivity (Wildman–Crippen MR) is 80.2 cm³/mol. The van der Waals surface area contributed by atoms with Gasteiger partial charge in [0, 0.05) is 35.6 Å². The van der Waals surface area contributed by atoms with E-state index in [1.54, 1.807) is 0 Å². The van der Waals surface area contributed by atoms with Gasteiger partial charge in [-0.1, -0.05) is 22.0 Å². The van der Waals surface area contributed by atoms with Gasteiger partial charge in [-0.3, -0.25) is 0 Å². The number of anilines is 1. The number of rotatable bonds is 3. The van der Waals surface area contributed by atoms with Crippen LogP contribution in [0.15, 0.2) is 35.1 Å². The zero-order valence-electron chi connectivity index (χ0n) is 10.7. The quantitative estimate of drug-likeness (QED) is 0.942. The standard InChI is InChI=1S/C14H17BrN4/c15-13-9-12(2-1-11(13)3-4-16)19-8-7-18-6-5-17-14(18)10-19/h1-2,5-6,9H,3-4,7-8,10,16H2. The molecule has 0 radical (unpaired) electrons. The lowest BCUT2D eigenvalue weighted by molar-refractivity contribution is 0.560. The van der Waals surface area contributed by atoms with E-state index >= 15 is 0 Å². The maximum Gasteiger partial charge on any atom is 0.128 e. The van der Waals surface area contributed by atoms with Gasteiger partial charge in [0.05, 0.1) is 6.54 Å². The molecular weight excluding hydrogens is 304 g/mol. The molecule has 0 saturated heterocycles. The first-order valence-corrected chi connectivity index (χ1v) is 7.30. The fraction of sp³-hybridized carbons (Fsp3) is 0.357. The second-order valence-corrected chi connectivity index (χ2v) is 5.63. The number of hydrogen-bond donors (Lipinski definition) is 1. The van der Waals surface area contributed by atoms with E-state index in [-0.39, 0.29) is 0 Å². The fourth-order valence-corrected chi connectivity index (χ4v) is 3.05. The van der Waals surface area contributed by atoms with Crippen LogP contribution in [-0.4, -0.2) is 22.6 Å². The molecule has 5 heteroatoms. The topological polar surface area (TPSA) is 47.1 Å². The molecule has 19 heavy (non-hydrogen) atoms. The van der Waals surface area contributed by atoms with Crippen molar-refractivity contribution in [1.82, 2.24) is 9.55 Å². The highest BCUT2D eigenvalue weighted by molar-refractivity contribution is 9.10. The molecule has 0 bridgehead atoms. The summed E-state index contributed by atoms with van der Waals surface area (Å²) in [6.07, 6.45) is 4.83. The third kappa shape index (κ3) is 2.53. The average Bonchev–Trinajstić information content (AvgIpc) is 2.88. The van der Waals surface area contributed by atoms with Crippen molar-refractivity contribution < 1.29 is 0 Å². The first-order chi connectivity index (χ1) is 9.28. The van der Waals surface area contributed by atoms with Crippen LogP contribution in [0.2, 0.25) is 0 Å². The molecular formula is C14H17BrN4. The summed E-state index contributed by atoms with van der Waals surface area (Å²) in [7, 11) is 0. The van der Waals surface area contributed by atoms with Gasteiger partial charge in [-0.2, -0.15) is 0 Å². The number of hydrogen-bond acceptors (Lipinski definition) is 3. The van der Waals surface area contributed by atoms with Gasteiger partial charge in [0.1, 0.15) is 5.82 Å². The van der Waals surface area contributed by atoms with E-state index < -0.39 is 0 Å². The highest BCUT2D eigenvalue weighted by Gasteiger charge is 2.17. The minimum atomic E-state index is 0.680. The molecule has 1 aromatic heterocycles. The minimum Gasteiger partial charge on any atom is -0.362 e. The Hall–Kier alpha value is -1.33. The molecule has 0 spiro atoms. The molecule has 1 aliphatic rings. The Morgan fingerprint density at radius 1 is 1.32 bits per heavy atom. The average molecular weight is 321 g/mol. The summed E-state index contributed by atoms with van der Waals surface area (Å²) in [5, 5.41) is 0. The molecule has 0 amide bonds.